The van der Waals surface area contributed by atoms with Gasteiger partial charge in [0.1, 0.15) is 12.3 Å². The molecule has 0 unspecified atom stereocenters. The Morgan fingerprint density at radius 3 is 2.53 bits per heavy atom. The number of aryl methyl sites for hydroxylation is 1. The average Bonchev–Trinajstić information content (AvgIpc) is 2.77. The molecule has 1 atom stereocenters. The van der Waals surface area contributed by atoms with Crippen molar-refractivity contribution < 1.29 is 22.9 Å². The number of methoxy groups -OCH3 is 1. The Bertz CT molecular complexity index is 1100. The fraction of sp³-hybridized carbons (Fsp3) is 0.409. The summed E-state index contributed by atoms with van der Waals surface area (Å²) < 4.78 is 33.3. The van der Waals surface area contributed by atoms with E-state index in [1.807, 2.05) is 0 Å². The van der Waals surface area contributed by atoms with Gasteiger partial charge in [0.25, 0.3) is 15.7 Å². The molecule has 1 amide bonds. The standard InChI is InChI=1S/C22H27N3O6S/c1-16-5-4-12-23(14-16)22(26)15-24(18-7-9-19(31-3)10-8-18)32(29,30)20-11-6-17(2)21(13-20)25(27)28/h6-11,13,16H,4-5,12,14-15H2,1-3H3/t16-/m0/s1. The Labute approximate surface area is 187 Å². The van der Waals surface area contributed by atoms with Crippen molar-refractivity contribution in [3.05, 3.63) is 58.1 Å². The van der Waals surface area contributed by atoms with Crippen LogP contribution in [0.3, 0.4) is 0 Å². The molecule has 1 aliphatic rings. The smallest absolute Gasteiger partial charge is 0.273 e. The van der Waals surface area contributed by atoms with Crippen molar-refractivity contribution in [3.8, 4) is 5.75 Å². The summed E-state index contributed by atoms with van der Waals surface area (Å²) in [6.07, 6.45) is 1.89. The van der Waals surface area contributed by atoms with Crippen LogP contribution in [0.25, 0.3) is 0 Å². The lowest BCUT2D eigenvalue weighted by molar-refractivity contribution is -0.385. The first-order valence-electron chi connectivity index (χ1n) is 10.3. The first-order valence-corrected chi connectivity index (χ1v) is 11.8. The molecule has 0 aromatic heterocycles. The number of ether oxygens (including phenoxy) is 1. The molecule has 9 nitrogen and oxygen atoms in total. The minimum Gasteiger partial charge on any atom is -0.497 e. The van der Waals surface area contributed by atoms with Crippen molar-refractivity contribution in [1.29, 1.82) is 0 Å². The third-order valence-corrected chi connectivity index (χ3v) is 7.38. The monoisotopic (exact) mass is 461 g/mol. The van der Waals surface area contributed by atoms with Gasteiger partial charge in [-0.25, -0.2) is 8.42 Å². The van der Waals surface area contributed by atoms with Gasteiger partial charge in [-0.3, -0.25) is 19.2 Å². The fourth-order valence-electron chi connectivity index (χ4n) is 3.78. The average molecular weight is 462 g/mol. The summed E-state index contributed by atoms with van der Waals surface area (Å²) in [5.74, 6) is 0.573. The molecule has 1 aliphatic heterocycles. The lowest BCUT2D eigenvalue weighted by Gasteiger charge is -2.33. The number of amides is 1. The van der Waals surface area contributed by atoms with Crippen molar-refractivity contribution in [1.82, 2.24) is 4.90 Å². The zero-order valence-corrected chi connectivity index (χ0v) is 19.2. The minimum atomic E-state index is -4.25. The number of piperidine rings is 1. The zero-order chi connectivity index (χ0) is 23.5. The quantitative estimate of drug-likeness (QED) is 0.462. The number of sulfonamides is 1. The normalized spacial score (nSPS) is 16.5. The molecule has 0 spiro atoms. The number of hydrogen-bond donors (Lipinski definition) is 0. The van der Waals surface area contributed by atoms with Gasteiger partial charge in [0.05, 0.1) is 22.6 Å². The summed E-state index contributed by atoms with van der Waals surface area (Å²) in [4.78, 5) is 25.2. The predicted octanol–water partition coefficient (Wildman–Crippen LogP) is 3.37. The van der Waals surface area contributed by atoms with E-state index in [9.17, 15) is 23.3 Å². The second-order valence-corrected chi connectivity index (χ2v) is 9.86. The lowest BCUT2D eigenvalue weighted by atomic mass is 10.0. The second-order valence-electron chi connectivity index (χ2n) is 8.00. The summed E-state index contributed by atoms with van der Waals surface area (Å²) in [6, 6.07) is 10.0. The Kier molecular flexibility index (Phi) is 7.02. The van der Waals surface area contributed by atoms with Crippen LogP contribution in [-0.2, 0) is 14.8 Å². The van der Waals surface area contributed by atoms with Crippen LogP contribution in [0.2, 0.25) is 0 Å². The van der Waals surface area contributed by atoms with Crippen LogP contribution in [0.4, 0.5) is 11.4 Å². The van der Waals surface area contributed by atoms with Gasteiger partial charge in [0.15, 0.2) is 0 Å². The van der Waals surface area contributed by atoms with E-state index in [2.05, 4.69) is 6.92 Å². The number of likely N-dealkylation sites (tertiary alicyclic amines) is 1. The van der Waals surface area contributed by atoms with E-state index in [4.69, 9.17) is 4.74 Å². The molecule has 1 fully saturated rings. The first kappa shape index (κ1) is 23.5. The van der Waals surface area contributed by atoms with Crippen LogP contribution in [0.5, 0.6) is 5.75 Å². The number of anilines is 1. The van der Waals surface area contributed by atoms with Gasteiger partial charge in [-0.15, -0.1) is 0 Å². The van der Waals surface area contributed by atoms with Crippen molar-refractivity contribution in [2.45, 2.75) is 31.6 Å². The minimum absolute atomic E-state index is 0.245. The maximum Gasteiger partial charge on any atom is 0.273 e. The maximum atomic E-state index is 13.6. The number of rotatable bonds is 7. The Hall–Kier alpha value is -3.14. The van der Waals surface area contributed by atoms with Crippen molar-refractivity contribution in [3.63, 3.8) is 0 Å². The molecular formula is C22H27N3O6S. The van der Waals surface area contributed by atoms with Gasteiger partial charge in [0.2, 0.25) is 5.91 Å². The topological polar surface area (TPSA) is 110 Å². The van der Waals surface area contributed by atoms with Crippen molar-refractivity contribution in [2.24, 2.45) is 5.92 Å². The molecule has 0 bridgehead atoms. The highest BCUT2D eigenvalue weighted by molar-refractivity contribution is 7.92. The van der Waals surface area contributed by atoms with E-state index in [0.29, 0.717) is 30.3 Å². The van der Waals surface area contributed by atoms with Crippen LogP contribution in [-0.4, -0.2) is 50.9 Å². The SMILES string of the molecule is COc1ccc(N(CC(=O)N2CCC[C@H](C)C2)S(=O)(=O)c2ccc(C)c([N+](=O)[O-])c2)cc1. The Morgan fingerprint density at radius 2 is 1.94 bits per heavy atom. The zero-order valence-electron chi connectivity index (χ0n) is 18.4. The van der Waals surface area contributed by atoms with Crippen LogP contribution >= 0.6 is 0 Å². The predicted molar refractivity (Wildman–Crippen MR) is 120 cm³/mol. The van der Waals surface area contributed by atoms with E-state index in [1.54, 1.807) is 29.2 Å². The molecule has 0 aliphatic carbocycles. The molecule has 0 saturated carbocycles. The second kappa shape index (κ2) is 9.56. The number of nitro benzene ring substituents is 1. The highest BCUT2D eigenvalue weighted by atomic mass is 32.2. The van der Waals surface area contributed by atoms with Gasteiger partial charge >= 0.3 is 0 Å². The number of nitro groups is 1. The summed E-state index contributed by atoms with van der Waals surface area (Å²) in [5.41, 5.74) is 0.327. The van der Waals surface area contributed by atoms with E-state index in [-0.39, 0.29) is 22.2 Å². The molecule has 0 radical (unpaired) electrons. The Morgan fingerprint density at radius 1 is 1.25 bits per heavy atom. The molecule has 0 N–H and O–H groups in total. The molecular weight excluding hydrogens is 434 g/mol. The van der Waals surface area contributed by atoms with E-state index in [1.165, 1.54) is 26.2 Å². The number of nitrogens with zero attached hydrogens (tertiary/aromatic N) is 3. The van der Waals surface area contributed by atoms with Crippen LogP contribution < -0.4 is 9.04 Å². The van der Waals surface area contributed by atoms with Gasteiger partial charge < -0.3 is 9.64 Å². The Balaban J connectivity index is 2.01. The number of hydrogen-bond acceptors (Lipinski definition) is 6. The molecule has 1 saturated heterocycles. The van der Waals surface area contributed by atoms with Crippen LogP contribution in [0.1, 0.15) is 25.3 Å². The molecule has 2 aromatic carbocycles. The molecule has 3 rings (SSSR count). The lowest BCUT2D eigenvalue weighted by Crippen LogP contribution is -2.46. The highest BCUT2D eigenvalue weighted by Crippen LogP contribution is 2.29. The van der Waals surface area contributed by atoms with E-state index in [0.717, 1.165) is 23.2 Å². The fourth-order valence-corrected chi connectivity index (χ4v) is 5.21. The van der Waals surface area contributed by atoms with Crippen molar-refractivity contribution in [2.75, 3.05) is 31.0 Å². The maximum absolute atomic E-state index is 13.6. The largest absolute Gasteiger partial charge is 0.497 e. The van der Waals surface area contributed by atoms with Crippen LogP contribution in [0, 0.1) is 23.0 Å². The van der Waals surface area contributed by atoms with Crippen LogP contribution in [0.15, 0.2) is 47.4 Å². The first-order chi connectivity index (χ1) is 15.1. The molecule has 1 heterocycles. The van der Waals surface area contributed by atoms with E-state index < -0.39 is 21.5 Å². The van der Waals surface area contributed by atoms with Gasteiger partial charge in [-0.2, -0.15) is 0 Å². The number of carbonyl (C=O) groups excluding carboxylic acids is 1. The third-order valence-electron chi connectivity index (χ3n) is 5.61. The molecule has 2 aromatic rings. The molecule has 32 heavy (non-hydrogen) atoms. The summed E-state index contributed by atoms with van der Waals surface area (Å²) >= 11 is 0. The summed E-state index contributed by atoms with van der Waals surface area (Å²) in [6.45, 7) is 4.35. The van der Waals surface area contributed by atoms with Gasteiger partial charge in [0, 0.05) is 24.7 Å². The van der Waals surface area contributed by atoms with Crippen molar-refractivity contribution >= 4 is 27.3 Å². The third kappa shape index (κ3) is 5.01. The number of benzene rings is 2. The summed E-state index contributed by atoms with van der Waals surface area (Å²) in [5, 5.41) is 11.3. The van der Waals surface area contributed by atoms with E-state index >= 15 is 0 Å². The van der Waals surface area contributed by atoms with Gasteiger partial charge in [-0.05, 0) is 56.0 Å². The highest BCUT2D eigenvalue weighted by Gasteiger charge is 2.31. The summed E-state index contributed by atoms with van der Waals surface area (Å²) in [7, 11) is -2.76. The molecule has 172 valence electrons. The number of carbonyl (C=O) groups is 1. The molecule has 10 heteroatoms. The van der Waals surface area contributed by atoms with Gasteiger partial charge in [-0.1, -0.05) is 13.0 Å².